The number of rotatable bonds is 3. The summed E-state index contributed by atoms with van der Waals surface area (Å²) in [6, 6.07) is 1.41. The molecule has 0 saturated heterocycles. The fourth-order valence-electron chi connectivity index (χ4n) is 0.916. The summed E-state index contributed by atoms with van der Waals surface area (Å²) < 4.78 is 5.01. The Morgan fingerprint density at radius 1 is 1.50 bits per heavy atom. The zero-order chi connectivity index (χ0) is 11.5. The van der Waals surface area contributed by atoms with E-state index in [-0.39, 0.29) is 5.69 Å². The first-order valence-electron chi connectivity index (χ1n) is 3.91. The van der Waals surface area contributed by atoms with Crippen molar-refractivity contribution >= 4 is 44.9 Å². The monoisotopic (exact) mass is 318 g/mol. The molecule has 0 aliphatic rings. The van der Waals surface area contributed by atoms with E-state index in [1.165, 1.54) is 30.1 Å². The summed E-state index contributed by atoms with van der Waals surface area (Å²) in [7, 11) is 0. The van der Waals surface area contributed by atoms with Gasteiger partial charge in [0.25, 0.3) is 0 Å². The number of nitrogens with zero attached hydrogens (tertiary/aromatic N) is 4. The molecule has 6 nitrogen and oxygen atoms in total. The molecule has 0 saturated carbocycles. The summed E-state index contributed by atoms with van der Waals surface area (Å²) in [4.78, 5) is 18.2. The van der Waals surface area contributed by atoms with E-state index in [4.69, 9.17) is 0 Å². The van der Waals surface area contributed by atoms with Gasteiger partial charge in [-0.3, -0.25) is 10.1 Å². The van der Waals surface area contributed by atoms with Gasteiger partial charge in [0.1, 0.15) is 6.33 Å². The summed E-state index contributed by atoms with van der Waals surface area (Å²) >= 11 is 5.44. The van der Waals surface area contributed by atoms with Gasteiger partial charge < -0.3 is 0 Å². The first-order chi connectivity index (χ1) is 7.66. The Morgan fingerprint density at radius 3 is 2.94 bits per heavy atom. The third-order valence-electron chi connectivity index (χ3n) is 1.52. The molecule has 9 heteroatoms. The molecule has 0 spiro atoms. The van der Waals surface area contributed by atoms with Crippen LogP contribution in [0.25, 0.3) is 0 Å². The largest absolute Gasteiger partial charge is 0.302 e. The van der Waals surface area contributed by atoms with Crippen LogP contribution in [0.3, 0.4) is 0 Å². The molecule has 2 aromatic heterocycles. The molecule has 2 rings (SSSR count). The molecule has 16 heavy (non-hydrogen) atoms. The van der Waals surface area contributed by atoms with Crippen LogP contribution in [-0.2, 0) is 0 Å². The van der Waals surface area contributed by atoms with Crippen LogP contribution in [0.1, 0.15) is 0 Å². The van der Waals surface area contributed by atoms with Crippen LogP contribution in [0, 0.1) is 10.1 Å². The Kier molecular flexibility index (Phi) is 3.46. The maximum Gasteiger partial charge on any atom is 0.302 e. The van der Waals surface area contributed by atoms with E-state index >= 15 is 0 Å². The van der Waals surface area contributed by atoms with E-state index < -0.39 is 4.92 Å². The maximum atomic E-state index is 10.8. The Hall–Kier alpha value is -1.06. The number of hydrogen-bond acceptors (Lipinski definition) is 7. The molecule has 0 bridgehead atoms. The second-order valence-corrected chi connectivity index (χ2v) is 5.48. The lowest BCUT2D eigenvalue weighted by Crippen LogP contribution is -1.93. The lowest BCUT2D eigenvalue weighted by Gasteiger charge is -1.99. The lowest BCUT2D eigenvalue weighted by molar-refractivity contribution is -0.388. The molecule has 0 N–H and O–H groups in total. The minimum atomic E-state index is -0.471. The van der Waals surface area contributed by atoms with Crippen LogP contribution < -0.4 is 0 Å². The highest BCUT2D eigenvalue weighted by Gasteiger charge is 2.18. The van der Waals surface area contributed by atoms with Gasteiger partial charge in [-0.2, -0.15) is 4.37 Å². The lowest BCUT2D eigenvalue weighted by atomic mass is 10.4. The molecule has 0 amide bonds. The smallest absolute Gasteiger partial charge is 0.258 e. The second kappa shape index (κ2) is 4.85. The molecule has 0 aliphatic carbocycles. The Balaban J connectivity index is 2.36. The highest BCUT2D eigenvalue weighted by atomic mass is 79.9. The first kappa shape index (κ1) is 11.4. The molecule has 82 valence electrons. The third-order valence-corrected chi connectivity index (χ3v) is 3.68. The van der Waals surface area contributed by atoms with Gasteiger partial charge in [-0.15, -0.1) is 0 Å². The van der Waals surface area contributed by atoms with Crippen molar-refractivity contribution in [3.05, 3.63) is 33.2 Å². The molecular formula is C7H3BrN4O2S2. The van der Waals surface area contributed by atoms with Gasteiger partial charge in [-0.05, 0) is 39.2 Å². The number of pyridine rings is 1. The molecule has 0 aliphatic heterocycles. The minimum absolute atomic E-state index is 0.0467. The molecule has 2 heterocycles. The Morgan fingerprint density at radius 2 is 2.31 bits per heavy atom. The zero-order valence-corrected chi connectivity index (χ0v) is 10.8. The van der Waals surface area contributed by atoms with Crippen molar-refractivity contribution < 1.29 is 4.92 Å². The zero-order valence-electron chi connectivity index (χ0n) is 7.53. The van der Waals surface area contributed by atoms with E-state index in [0.29, 0.717) is 13.8 Å². The average Bonchev–Trinajstić information content (AvgIpc) is 2.73. The highest BCUT2D eigenvalue weighted by Crippen LogP contribution is 2.34. The van der Waals surface area contributed by atoms with E-state index in [9.17, 15) is 10.1 Å². The van der Waals surface area contributed by atoms with E-state index in [1.807, 2.05) is 0 Å². The predicted octanol–water partition coefficient (Wildman–Crippen LogP) is 2.75. The van der Waals surface area contributed by atoms with Gasteiger partial charge in [-0.1, -0.05) is 0 Å². The molecule has 2 aromatic rings. The summed E-state index contributed by atoms with van der Waals surface area (Å²) in [5.41, 5.74) is -0.0467. The summed E-state index contributed by atoms with van der Waals surface area (Å²) in [5, 5.41) is 11.1. The summed E-state index contributed by atoms with van der Waals surface area (Å²) in [6.45, 7) is 0. The van der Waals surface area contributed by atoms with Gasteiger partial charge >= 0.3 is 5.69 Å². The second-order valence-electron chi connectivity index (χ2n) is 2.54. The van der Waals surface area contributed by atoms with Crippen molar-refractivity contribution in [1.82, 2.24) is 14.3 Å². The van der Waals surface area contributed by atoms with Gasteiger partial charge in [0, 0.05) is 16.7 Å². The maximum absolute atomic E-state index is 10.8. The van der Waals surface area contributed by atoms with Crippen molar-refractivity contribution in [1.29, 1.82) is 0 Å². The topological polar surface area (TPSA) is 81.8 Å². The average molecular weight is 319 g/mol. The van der Waals surface area contributed by atoms with Crippen molar-refractivity contribution in [3.8, 4) is 0 Å². The Bertz CT molecular complexity index is 519. The Labute approximate surface area is 107 Å². The SMILES string of the molecule is O=[N+]([O-])c1cc(Br)cnc1Sc1ncns1. The van der Waals surface area contributed by atoms with Gasteiger partial charge in [-0.25, -0.2) is 9.97 Å². The highest BCUT2D eigenvalue weighted by molar-refractivity contribution is 9.10. The number of halogens is 1. The number of hydrogen-bond donors (Lipinski definition) is 0. The summed E-state index contributed by atoms with van der Waals surface area (Å²) in [5.74, 6) is 0. The molecular weight excluding hydrogens is 316 g/mol. The molecule has 0 atom stereocenters. The molecule has 0 fully saturated rings. The normalized spacial score (nSPS) is 10.3. The van der Waals surface area contributed by atoms with Crippen LogP contribution in [0.4, 0.5) is 5.69 Å². The minimum Gasteiger partial charge on any atom is -0.258 e. The number of nitro groups is 1. The van der Waals surface area contributed by atoms with Crippen molar-refractivity contribution in [2.45, 2.75) is 9.37 Å². The van der Waals surface area contributed by atoms with Crippen LogP contribution in [-0.4, -0.2) is 19.3 Å². The van der Waals surface area contributed by atoms with Gasteiger partial charge in [0.05, 0.1) is 4.92 Å². The fraction of sp³-hybridized carbons (Fsp3) is 0. The first-order valence-corrected chi connectivity index (χ1v) is 6.29. The summed E-state index contributed by atoms with van der Waals surface area (Å²) in [6.07, 6.45) is 2.91. The molecule has 0 aromatic carbocycles. The quantitative estimate of drug-likeness (QED) is 0.639. The van der Waals surface area contributed by atoms with Crippen LogP contribution >= 0.6 is 39.2 Å². The van der Waals surface area contributed by atoms with Gasteiger partial charge in [0.2, 0.25) is 0 Å². The third kappa shape index (κ3) is 2.54. The molecule has 0 radical (unpaired) electrons. The standard InChI is InChI=1S/C7H3BrN4O2S2/c8-4-1-5(12(13)14)6(9-2-4)15-7-10-3-11-16-7/h1-3H. The van der Waals surface area contributed by atoms with Crippen LogP contribution in [0.5, 0.6) is 0 Å². The predicted molar refractivity (Wildman–Crippen MR) is 62.6 cm³/mol. The van der Waals surface area contributed by atoms with E-state index in [1.54, 1.807) is 0 Å². The van der Waals surface area contributed by atoms with E-state index in [0.717, 1.165) is 11.8 Å². The van der Waals surface area contributed by atoms with Crippen LogP contribution in [0.2, 0.25) is 0 Å². The van der Waals surface area contributed by atoms with Crippen LogP contribution in [0.15, 0.2) is 32.4 Å². The molecule has 0 unspecified atom stereocenters. The number of aromatic nitrogens is 3. The van der Waals surface area contributed by atoms with Crippen molar-refractivity contribution in [3.63, 3.8) is 0 Å². The van der Waals surface area contributed by atoms with Crippen molar-refractivity contribution in [2.75, 3.05) is 0 Å². The fourth-order valence-corrected chi connectivity index (χ4v) is 2.64. The van der Waals surface area contributed by atoms with E-state index in [2.05, 4.69) is 30.3 Å². The van der Waals surface area contributed by atoms with Crippen molar-refractivity contribution in [2.24, 2.45) is 0 Å². The van der Waals surface area contributed by atoms with Gasteiger partial charge in [0.15, 0.2) is 9.37 Å².